The minimum Gasteiger partial charge on any atom is -0.367 e. The topological polar surface area (TPSA) is 71.0 Å². The molecule has 0 saturated carbocycles. The van der Waals surface area contributed by atoms with E-state index in [9.17, 15) is 12.8 Å². The number of aliphatic imine (C=N–C) groups is 1. The third kappa shape index (κ3) is 9.05. The molecular weight excluding hydrogens is 520 g/mol. The minimum absolute atomic E-state index is 0. The molecule has 30 heavy (non-hydrogen) atoms. The van der Waals surface area contributed by atoms with Crippen LogP contribution in [0.25, 0.3) is 0 Å². The molecule has 1 aliphatic rings. The number of benzene rings is 1. The van der Waals surface area contributed by atoms with E-state index < -0.39 is 9.84 Å². The SMILES string of the molecule is CCNC(=NCC(C)(C)CCS(C)(=O)=O)N1CC(C)OC(c2ccc(F)cc2)C1.I. The molecular formula is C21H35FIN3O3S. The molecule has 0 bridgehead atoms. The molecule has 1 aromatic rings. The Kier molecular flexibility index (Phi) is 10.5. The molecule has 172 valence electrons. The fourth-order valence-corrected chi connectivity index (χ4v) is 4.16. The van der Waals surface area contributed by atoms with Crippen LogP contribution in [0.3, 0.4) is 0 Å². The highest BCUT2D eigenvalue weighted by molar-refractivity contribution is 14.0. The molecule has 0 spiro atoms. The van der Waals surface area contributed by atoms with Crippen LogP contribution in [0.4, 0.5) is 4.39 Å². The summed E-state index contributed by atoms with van der Waals surface area (Å²) < 4.78 is 42.3. The van der Waals surface area contributed by atoms with E-state index in [0.29, 0.717) is 26.1 Å². The highest BCUT2D eigenvalue weighted by atomic mass is 127. The molecule has 1 aliphatic heterocycles. The average Bonchev–Trinajstić information content (AvgIpc) is 2.63. The van der Waals surface area contributed by atoms with Gasteiger partial charge in [-0.1, -0.05) is 26.0 Å². The summed E-state index contributed by atoms with van der Waals surface area (Å²) >= 11 is 0. The second-order valence-corrected chi connectivity index (χ2v) is 10.9. The summed E-state index contributed by atoms with van der Waals surface area (Å²) in [5, 5.41) is 3.34. The zero-order valence-electron chi connectivity index (χ0n) is 18.5. The number of halogens is 2. The predicted molar refractivity (Wildman–Crippen MR) is 131 cm³/mol. The van der Waals surface area contributed by atoms with E-state index in [1.54, 1.807) is 12.1 Å². The molecule has 1 heterocycles. The van der Waals surface area contributed by atoms with Crippen LogP contribution in [0.5, 0.6) is 0 Å². The number of rotatable bonds is 7. The molecule has 0 radical (unpaired) electrons. The number of sulfone groups is 1. The molecule has 0 aromatic heterocycles. The van der Waals surface area contributed by atoms with Crippen molar-refractivity contribution in [2.45, 2.75) is 46.3 Å². The van der Waals surface area contributed by atoms with Crippen molar-refractivity contribution in [2.24, 2.45) is 10.4 Å². The molecule has 1 N–H and O–H groups in total. The summed E-state index contributed by atoms with van der Waals surface area (Å²) in [6, 6.07) is 6.42. The van der Waals surface area contributed by atoms with Gasteiger partial charge in [0.15, 0.2) is 5.96 Å². The second-order valence-electron chi connectivity index (χ2n) is 8.61. The summed E-state index contributed by atoms with van der Waals surface area (Å²) in [5.74, 6) is 0.690. The molecule has 6 nitrogen and oxygen atoms in total. The van der Waals surface area contributed by atoms with Gasteiger partial charge in [0.1, 0.15) is 21.8 Å². The molecule has 2 atom stereocenters. The van der Waals surface area contributed by atoms with Crippen molar-refractivity contribution in [1.82, 2.24) is 10.2 Å². The molecule has 0 aliphatic carbocycles. The Labute approximate surface area is 197 Å². The standard InChI is InChI=1S/C21H34FN3O3S.HI/c1-6-23-20(24-15-21(3,4)11-12-29(5,26)27)25-13-16(2)28-19(14-25)17-7-9-18(22)10-8-17;/h7-10,16,19H,6,11-15H2,1-5H3,(H,23,24);1H. The number of hydrogen-bond donors (Lipinski definition) is 1. The van der Waals surface area contributed by atoms with Crippen molar-refractivity contribution in [2.75, 3.05) is 38.2 Å². The van der Waals surface area contributed by atoms with E-state index >= 15 is 0 Å². The molecule has 1 fully saturated rings. The predicted octanol–water partition coefficient (Wildman–Crippen LogP) is 3.63. The van der Waals surface area contributed by atoms with Gasteiger partial charge in [-0.15, -0.1) is 24.0 Å². The van der Waals surface area contributed by atoms with Crippen molar-refractivity contribution < 1.29 is 17.5 Å². The molecule has 1 aromatic carbocycles. The smallest absolute Gasteiger partial charge is 0.194 e. The van der Waals surface area contributed by atoms with Gasteiger partial charge in [0.05, 0.1) is 18.4 Å². The van der Waals surface area contributed by atoms with Crippen molar-refractivity contribution in [1.29, 1.82) is 0 Å². The van der Waals surface area contributed by atoms with Crippen LogP contribution in [-0.2, 0) is 14.6 Å². The Morgan fingerprint density at radius 1 is 1.30 bits per heavy atom. The zero-order chi connectivity index (χ0) is 21.7. The van der Waals surface area contributed by atoms with Crippen LogP contribution < -0.4 is 5.32 Å². The third-order valence-electron chi connectivity index (χ3n) is 4.94. The highest BCUT2D eigenvalue weighted by Crippen LogP contribution is 2.26. The van der Waals surface area contributed by atoms with Gasteiger partial charge in [-0.25, -0.2) is 12.8 Å². The maximum absolute atomic E-state index is 13.3. The normalized spacial score (nSPS) is 20.6. The number of morpholine rings is 1. The Balaban J connectivity index is 0.00000450. The van der Waals surface area contributed by atoms with Crippen molar-refractivity contribution in [3.63, 3.8) is 0 Å². The maximum Gasteiger partial charge on any atom is 0.194 e. The zero-order valence-corrected chi connectivity index (χ0v) is 21.7. The van der Waals surface area contributed by atoms with Gasteiger partial charge < -0.3 is 15.0 Å². The van der Waals surface area contributed by atoms with Gasteiger partial charge in [0.25, 0.3) is 0 Å². The van der Waals surface area contributed by atoms with Gasteiger partial charge in [-0.2, -0.15) is 0 Å². The van der Waals surface area contributed by atoms with E-state index in [-0.39, 0.29) is 53.2 Å². The summed E-state index contributed by atoms with van der Waals surface area (Å²) in [6.07, 6.45) is 1.66. The van der Waals surface area contributed by atoms with Gasteiger partial charge in [-0.05, 0) is 43.4 Å². The first-order valence-corrected chi connectivity index (χ1v) is 12.2. The third-order valence-corrected chi connectivity index (χ3v) is 5.89. The van der Waals surface area contributed by atoms with Crippen LogP contribution in [0.1, 0.15) is 45.8 Å². The molecule has 0 amide bonds. The summed E-state index contributed by atoms with van der Waals surface area (Å²) in [5.41, 5.74) is 0.713. The van der Waals surface area contributed by atoms with E-state index in [2.05, 4.69) is 10.2 Å². The Morgan fingerprint density at radius 3 is 2.50 bits per heavy atom. The van der Waals surface area contributed by atoms with E-state index in [0.717, 1.165) is 18.1 Å². The number of guanidine groups is 1. The Hall–Kier alpha value is -0.940. The largest absolute Gasteiger partial charge is 0.367 e. The van der Waals surface area contributed by atoms with E-state index in [1.165, 1.54) is 18.4 Å². The molecule has 1 saturated heterocycles. The van der Waals surface area contributed by atoms with E-state index in [1.807, 2.05) is 27.7 Å². The molecule has 2 rings (SSSR count). The molecule has 2 unspecified atom stereocenters. The monoisotopic (exact) mass is 555 g/mol. The Morgan fingerprint density at radius 2 is 1.93 bits per heavy atom. The summed E-state index contributed by atoms with van der Waals surface area (Å²) in [6.45, 7) is 10.7. The Bertz CT molecular complexity index is 800. The first-order chi connectivity index (χ1) is 13.5. The van der Waals surface area contributed by atoms with Gasteiger partial charge in [0.2, 0.25) is 0 Å². The lowest BCUT2D eigenvalue weighted by molar-refractivity contribution is -0.0605. The van der Waals surface area contributed by atoms with Crippen molar-refractivity contribution >= 4 is 39.8 Å². The van der Waals surface area contributed by atoms with Gasteiger partial charge >= 0.3 is 0 Å². The first kappa shape index (κ1) is 27.1. The van der Waals surface area contributed by atoms with Gasteiger partial charge in [-0.3, -0.25) is 4.99 Å². The van der Waals surface area contributed by atoms with Gasteiger partial charge in [0, 0.05) is 25.9 Å². The molecule has 9 heteroatoms. The summed E-state index contributed by atoms with van der Waals surface area (Å²) in [4.78, 5) is 6.97. The van der Waals surface area contributed by atoms with Crippen LogP contribution in [0.2, 0.25) is 0 Å². The maximum atomic E-state index is 13.3. The fraction of sp³-hybridized carbons (Fsp3) is 0.667. The number of nitrogens with one attached hydrogen (secondary N) is 1. The van der Waals surface area contributed by atoms with Crippen molar-refractivity contribution in [3.05, 3.63) is 35.6 Å². The lowest BCUT2D eigenvalue weighted by Crippen LogP contribution is -2.51. The quantitative estimate of drug-likeness (QED) is 0.316. The van der Waals surface area contributed by atoms with Crippen LogP contribution >= 0.6 is 24.0 Å². The van der Waals surface area contributed by atoms with Crippen LogP contribution in [0, 0.1) is 11.2 Å². The van der Waals surface area contributed by atoms with E-state index in [4.69, 9.17) is 9.73 Å². The first-order valence-electron chi connectivity index (χ1n) is 10.1. The minimum atomic E-state index is -2.99. The summed E-state index contributed by atoms with van der Waals surface area (Å²) in [7, 11) is -2.99. The highest BCUT2D eigenvalue weighted by Gasteiger charge is 2.29. The second kappa shape index (κ2) is 11.6. The fourth-order valence-electron chi connectivity index (χ4n) is 3.24. The lowest BCUT2D eigenvalue weighted by atomic mass is 9.90. The van der Waals surface area contributed by atoms with Crippen LogP contribution in [-0.4, -0.2) is 63.6 Å². The van der Waals surface area contributed by atoms with Crippen LogP contribution in [0.15, 0.2) is 29.3 Å². The average molecular weight is 555 g/mol. The number of ether oxygens (including phenoxy) is 1. The number of nitrogens with zero attached hydrogens (tertiary/aromatic N) is 2. The number of hydrogen-bond acceptors (Lipinski definition) is 4. The van der Waals surface area contributed by atoms with Crippen molar-refractivity contribution in [3.8, 4) is 0 Å². The lowest BCUT2D eigenvalue weighted by Gasteiger charge is -2.39.